The van der Waals surface area contributed by atoms with Crippen LogP contribution in [0.1, 0.15) is 18.4 Å². The fraction of sp³-hybridized carbons (Fsp3) is 0.316. The van der Waals surface area contributed by atoms with Gasteiger partial charge in [-0.05, 0) is 73.9 Å². The molecule has 2 aromatic carbocycles. The summed E-state index contributed by atoms with van der Waals surface area (Å²) in [6, 6.07) is 15.7. The van der Waals surface area contributed by atoms with Gasteiger partial charge in [-0.1, -0.05) is 12.1 Å². The first kappa shape index (κ1) is 16.7. The van der Waals surface area contributed by atoms with E-state index in [-0.39, 0.29) is 6.10 Å². The van der Waals surface area contributed by atoms with Crippen molar-refractivity contribution in [3.05, 3.63) is 54.1 Å². The van der Waals surface area contributed by atoms with Crippen molar-refractivity contribution in [2.75, 3.05) is 18.5 Å². The summed E-state index contributed by atoms with van der Waals surface area (Å²) in [7, 11) is 0. The Morgan fingerprint density at radius 1 is 1.21 bits per heavy atom. The Balaban J connectivity index is 1.49. The van der Waals surface area contributed by atoms with Crippen LogP contribution in [0.3, 0.4) is 0 Å². The first-order chi connectivity index (χ1) is 11.7. The Labute approximate surface area is 148 Å². The minimum atomic E-state index is 0.273. The van der Waals surface area contributed by atoms with Crippen LogP contribution in [-0.2, 0) is 4.74 Å². The van der Waals surface area contributed by atoms with Crippen molar-refractivity contribution in [2.24, 2.45) is 0 Å². The standard InChI is InChI=1S/C19H22N2O2S/c1-14-4-2-5-17(12-14)23-16-9-7-15(8-10-16)21-19(24)20-13-18-6-3-11-22-18/h2,4-5,7-10,12,18H,3,6,11,13H2,1H3,(H2,20,21,24)/t18-/m0/s1. The third-order valence-electron chi connectivity index (χ3n) is 3.85. The maximum atomic E-state index is 5.84. The van der Waals surface area contributed by atoms with Crippen molar-refractivity contribution in [3.63, 3.8) is 0 Å². The quantitative estimate of drug-likeness (QED) is 0.795. The van der Waals surface area contributed by atoms with E-state index in [0.717, 1.165) is 43.2 Å². The average Bonchev–Trinajstić information content (AvgIpc) is 3.08. The second-order valence-corrected chi connectivity index (χ2v) is 6.32. The number of nitrogens with one attached hydrogen (secondary N) is 2. The number of anilines is 1. The van der Waals surface area contributed by atoms with Gasteiger partial charge < -0.3 is 20.1 Å². The maximum Gasteiger partial charge on any atom is 0.170 e. The predicted molar refractivity (Wildman–Crippen MR) is 101 cm³/mol. The Morgan fingerprint density at radius 3 is 2.75 bits per heavy atom. The molecule has 2 N–H and O–H groups in total. The molecular weight excluding hydrogens is 320 g/mol. The van der Waals surface area contributed by atoms with Crippen molar-refractivity contribution in [2.45, 2.75) is 25.9 Å². The van der Waals surface area contributed by atoms with Crippen molar-refractivity contribution in [1.82, 2.24) is 5.32 Å². The van der Waals surface area contributed by atoms with Gasteiger partial charge in [0.15, 0.2) is 5.11 Å². The lowest BCUT2D eigenvalue weighted by molar-refractivity contribution is 0.114. The summed E-state index contributed by atoms with van der Waals surface area (Å²) >= 11 is 5.31. The largest absolute Gasteiger partial charge is 0.457 e. The lowest BCUT2D eigenvalue weighted by Crippen LogP contribution is -2.34. The van der Waals surface area contributed by atoms with Gasteiger partial charge >= 0.3 is 0 Å². The molecule has 1 atom stereocenters. The molecule has 1 fully saturated rings. The Hall–Kier alpha value is -2.11. The number of hydrogen-bond donors (Lipinski definition) is 2. The number of hydrogen-bond acceptors (Lipinski definition) is 3. The van der Waals surface area contributed by atoms with E-state index in [1.165, 1.54) is 5.56 Å². The van der Waals surface area contributed by atoms with Gasteiger partial charge in [0.2, 0.25) is 0 Å². The van der Waals surface area contributed by atoms with E-state index in [9.17, 15) is 0 Å². The number of ether oxygens (including phenoxy) is 2. The van der Waals surface area contributed by atoms with Crippen LogP contribution in [0.2, 0.25) is 0 Å². The highest BCUT2D eigenvalue weighted by atomic mass is 32.1. The molecule has 1 saturated heterocycles. The molecule has 1 aliphatic rings. The van der Waals surface area contributed by atoms with Crippen molar-refractivity contribution in [1.29, 1.82) is 0 Å². The van der Waals surface area contributed by atoms with Crippen molar-refractivity contribution >= 4 is 23.0 Å². The first-order valence-electron chi connectivity index (χ1n) is 8.20. The highest BCUT2D eigenvalue weighted by Gasteiger charge is 2.15. The molecule has 5 heteroatoms. The second-order valence-electron chi connectivity index (χ2n) is 5.91. The summed E-state index contributed by atoms with van der Waals surface area (Å²) in [4.78, 5) is 0. The van der Waals surface area contributed by atoms with Crippen LogP contribution in [0.5, 0.6) is 11.5 Å². The van der Waals surface area contributed by atoms with Crippen LogP contribution >= 0.6 is 12.2 Å². The van der Waals surface area contributed by atoms with Gasteiger partial charge in [0.25, 0.3) is 0 Å². The summed E-state index contributed by atoms with van der Waals surface area (Å²) in [6.45, 7) is 3.65. The highest BCUT2D eigenvalue weighted by Crippen LogP contribution is 2.23. The van der Waals surface area contributed by atoms with E-state index in [1.54, 1.807) is 0 Å². The molecule has 0 aliphatic carbocycles. The van der Waals surface area contributed by atoms with Crippen LogP contribution in [0.15, 0.2) is 48.5 Å². The lowest BCUT2D eigenvalue weighted by atomic mass is 10.2. The van der Waals surface area contributed by atoms with Gasteiger partial charge in [-0.25, -0.2) is 0 Å². The smallest absolute Gasteiger partial charge is 0.170 e. The Bertz CT molecular complexity index is 682. The zero-order valence-corrected chi connectivity index (χ0v) is 14.6. The van der Waals surface area contributed by atoms with Crippen LogP contribution in [-0.4, -0.2) is 24.4 Å². The second kappa shape index (κ2) is 8.13. The number of thiocarbonyl (C=S) groups is 1. The van der Waals surface area contributed by atoms with Gasteiger partial charge in [0.1, 0.15) is 11.5 Å². The monoisotopic (exact) mass is 342 g/mol. The van der Waals surface area contributed by atoms with E-state index >= 15 is 0 Å². The van der Waals surface area contributed by atoms with E-state index < -0.39 is 0 Å². The molecule has 126 valence electrons. The van der Waals surface area contributed by atoms with Gasteiger partial charge in [-0.3, -0.25) is 0 Å². The molecule has 0 unspecified atom stereocenters. The van der Waals surface area contributed by atoms with Crippen molar-refractivity contribution < 1.29 is 9.47 Å². The third kappa shape index (κ3) is 4.94. The molecule has 1 aliphatic heterocycles. The molecule has 0 amide bonds. The lowest BCUT2D eigenvalue weighted by Gasteiger charge is -2.14. The zero-order valence-electron chi connectivity index (χ0n) is 13.7. The molecule has 4 nitrogen and oxygen atoms in total. The molecule has 0 saturated carbocycles. The average molecular weight is 342 g/mol. The van der Waals surface area contributed by atoms with Crippen LogP contribution in [0.25, 0.3) is 0 Å². The molecule has 0 spiro atoms. The first-order valence-corrected chi connectivity index (χ1v) is 8.61. The minimum Gasteiger partial charge on any atom is -0.457 e. The molecule has 24 heavy (non-hydrogen) atoms. The number of benzene rings is 2. The summed E-state index contributed by atoms with van der Waals surface area (Å²) in [6.07, 6.45) is 2.50. The van der Waals surface area contributed by atoms with Crippen LogP contribution in [0, 0.1) is 6.92 Å². The number of aryl methyl sites for hydroxylation is 1. The molecule has 2 aromatic rings. The molecular formula is C19H22N2O2S. The summed E-state index contributed by atoms with van der Waals surface area (Å²) < 4.78 is 11.4. The third-order valence-corrected chi connectivity index (χ3v) is 4.10. The zero-order chi connectivity index (χ0) is 16.8. The summed E-state index contributed by atoms with van der Waals surface area (Å²) in [5.41, 5.74) is 2.10. The molecule has 0 bridgehead atoms. The van der Waals surface area contributed by atoms with E-state index in [1.807, 2.05) is 55.5 Å². The molecule has 0 radical (unpaired) electrons. The fourth-order valence-corrected chi connectivity index (χ4v) is 2.81. The molecule has 0 aromatic heterocycles. The molecule has 3 rings (SSSR count). The van der Waals surface area contributed by atoms with E-state index in [0.29, 0.717) is 5.11 Å². The van der Waals surface area contributed by atoms with E-state index in [2.05, 4.69) is 10.6 Å². The summed E-state index contributed by atoms with van der Waals surface area (Å²) in [5.74, 6) is 1.63. The van der Waals surface area contributed by atoms with Gasteiger partial charge in [0.05, 0.1) is 6.10 Å². The SMILES string of the molecule is Cc1cccc(Oc2ccc(NC(=S)NC[C@@H]3CCCO3)cc2)c1. The minimum absolute atomic E-state index is 0.273. The van der Waals surface area contributed by atoms with Crippen molar-refractivity contribution in [3.8, 4) is 11.5 Å². The maximum absolute atomic E-state index is 5.84. The van der Waals surface area contributed by atoms with Gasteiger partial charge in [0, 0.05) is 18.8 Å². The normalized spacial score (nSPS) is 16.6. The predicted octanol–water partition coefficient (Wildman–Crippen LogP) is 4.25. The Kier molecular flexibility index (Phi) is 5.67. The summed E-state index contributed by atoms with van der Waals surface area (Å²) in [5, 5.41) is 6.98. The Morgan fingerprint density at radius 2 is 2.04 bits per heavy atom. The van der Waals surface area contributed by atoms with Crippen LogP contribution in [0.4, 0.5) is 5.69 Å². The number of rotatable bonds is 5. The van der Waals surface area contributed by atoms with Gasteiger partial charge in [-0.2, -0.15) is 0 Å². The van der Waals surface area contributed by atoms with Crippen LogP contribution < -0.4 is 15.4 Å². The fourth-order valence-electron chi connectivity index (χ4n) is 2.61. The van der Waals surface area contributed by atoms with E-state index in [4.69, 9.17) is 21.7 Å². The highest BCUT2D eigenvalue weighted by molar-refractivity contribution is 7.80. The van der Waals surface area contributed by atoms with Gasteiger partial charge in [-0.15, -0.1) is 0 Å². The molecule has 1 heterocycles. The topological polar surface area (TPSA) is 42.5 Å².